The maximum absolute atomic E-state index is 12.4. The zero-order valence-electron chi connectivity index (χ0n) is 15.0. The Morgan fingerprint density at radius 2 is 1.77 bits per heavy atom. The number of benzene rings is 1. The van der Waals surface area contributed by atoms with Crippen molar-refractivity contribution < 1.29 is 19.4 Å². The molecule has 140 valence electrons. The van der Waals surface area contributed by atoms with Gasteiger partial charge in [0, 0.05) is 26.2 Å². The van der Waals surface area contributed by atoms with Gasteiger partial charge in [0.05, 0.1) is 18.1 Å². The predicted octanol–water partition coefficient (Wildman–Crippen LogP) is 1.06. The van der Waals surface area contributed by atoms with E-state index in [0.717, 1.165) is 25.9 Å². The Morgan fingerprint density at radius 1 is 1.08 bits per heavy atom. The number of fused-ring (bicyclic) bond motifs is 2. The summed E-state index contributed by atoms with van der Waals surface area (Å²) in [6, 6.07) is 8.32. The van der Waals surface area contributed by atoms with E-state index in [9.17, 15) is 9.59 Å². The standard InChI is InChI=1S/C20H26N2O4/c23-14-19(25)22-10-6-20(7-11-22)17-5-2-1-4-15(17)12-16(26-20)13-18(24)21-8-3-9-21/h1-2,4-5,16,23H,3,6-14H2. The molecule has 0 radical (unpaired) electrons. The second-order valence-corrected chi connectivity index (χ2v) is 7.57. The van der Waals surface area contributed by atoms with E-state index in [1.54, 1.807) is 4.90 Å². The predicted molar refractivity (Wildman–Crippen MR) is 95.4 cm³/mol. The number of piperidine rings is 1. The van der Waals surface area contributed by atoms with Gasteiger partial charge in [-0.15, -0.1) is 0 Å². The SMILES string of the molecule is O=C(CO)N1CCC2(CC1)OC(CC(=O)N1CCC1)Cc1ccccc12. The van der Waals surface area contributed by atoms with E-state index in [1.807, 2.05) is 17.0 Å². The number of ether oxygens (including phenoxy) is 1. The maximum atomic E-state index is 12.4. The molecule has 3 aliphatic rings. The van der Waals surface area contributed by atoms with Crippen LogP contribution in [0.4, 0.5) is 0 Å². The molecule has 0 aliphatic carbocycles. The second kappa shape index (κ2) is 7.00. The Bertz CT molecular complexity index is 693. The van der Waals surface area contributed by atoms with Gasteiger partial charge < -0.3 is 19.6 Å². The van der Waals surface area contributed by atoms with Crippen molar-refractivity contribution in [2.75, 3.05) is 32.8 Å². The van der Waals surface area contributed by atoms with Crippen molar-refractivity contribution in [1.82, 2.24) is 9.80 Å². The summed E-state index contributed by atoms with van der Waals surface area (Å²) in [6.45, 7) is 2.43. The number of rotatable bonds is 3. The van der Waals surface area contributed by atoms with Crippen LogP contribution >= 0.6 is 0 Å². The highest BCUT2D eigenvalue weighted by atomic mass is 16.5. The first-order valence-corrected chi connectivity index (χ1v) is 9.54. The van der Waals surface area contributed by atoms with Crippen LogP contribution in [0.5, 0.6) is 0 Å². The summed E-state index contributed by atoms with van der Waals surface area (Å²) in [5, 5.41) is 9.10. The molecule has 3 heterocycles. The van der Waals surface area contributed by atoms with Crippen LogP contribution in [0, 0.1) is 0 Å². The molecule has 0 saturated carbocycles. The molecule has 1 aromatic rings. The number of carbonyl (C=O) groups is 2. The number of aliphatic hydroxyl groups is 1. The summed E-state index contributed by atoms with van der Waals surface area (Å²) in [5.41, 5.74) is 2.02. The summed E-state index contributed by atoms with van der Waals surface area (Å²) in [4.78, 5) is 27.8. The Kier molecular flexibility index (Phi) is 4.71. The largest absolute Gasteiger partial charge is 0.387 e. The van der Waals surface area contributed by atoms with Crippen molar-refractivity contribution in [1.29, 1.82) is 0 Å². The first-order valence-electron chi connectivity index (χ1n) is 9.54. The van der Waals surface area contributed by atoms with Crippen LogP contribution in [-0.2, 0) is 26.3 Å². The van der Waals surface area contributed by atoms with Gasteiger partial charge >= 0.3 is 0 Å². The van der Waals surface area contributed by atoms with Gasteiger partial charge in [-0.25, -0.2) is 0 Å². The van der Waals surface area contributed by atoms with Gasteiger partial charge in [0.15, 0.2) is 0 Å². The fourth-order valence-corrected chi connectivity index (χ4v) is 4.42. The first kappa shape index (κ1) is 17.5. The summed E-state index contributed by atoms with van der Waals surface area (Å²) < 4.78 is 6.54. The highest BCUT2D eigenvalue weighted by molar-refractivity contribution is 5.78. The van der Waals surface area contributed by atoms with Gasteiger partial charge in [-0.05, 0) is 36.8 Å². The molecule has 1 atom stereocenters. The number of hydrogen-bond donors (Lipinski definition) is 1. The topological polar surface area (TPSA) is 70.1 Å². The highest BCUT2D eigenvalue weighted by Gasteiger charge is 2.44. The first-order chi connectivity index (χ1) is 12.6. The molecule has 3 aliphatic heterocycles. The van der Waals surface area contributed by atoms with Crippen LogP contribution in [0.15, 0.2) is 24.3 Å². The molecule has 4 rings (SSSR count). The minimum absolute atomic E-state index is 0.113. The third-order valence-electron chi connectivity index (χ3n) is 6.02. The Labute approximate surface area is 153 Å². The lowest BCUT2D eigenvalue weighted by Crippen LogP contribution is -2.51. The molecule has 6 heteroatoms. The van der Waals surface area contributed by atoms with Crippen LogP contribution in [0.1, 0.15) is 36.8 Å². The zero-order valence-corrected chi connectivity index (χ0v) is 15.0. The van der Waals surface area contributed by atoms with Crippen LogP contribution in [0.25, 0.3) is 0 Å². The number of carbonyl (C=O) groups excluding carboxylic acids is 2. The van der Waals surface area contributed by atoms with Gasteiger partial charge in [0.1, 0.15) is 6.61 Å². The number of hydrogen-bond acceptors (Lipinski definition) is 4. The second-order valence-electron chi connectivity index (χ2n) is 7.57. The van der Waals surface area contributed by atoms with E-state index in [1.165, 1.54) is 11.1 Å². The van der Waals surface area contributed by atoms with E-state index in [2.05, 4.69) is 12.1 Å². The molecule has 2 saturated heterocycles. The summed E-state index contributed by atoms with van der Waals surface area (Å²) >= 11 is 0. The van der Waals surface area contributed by atoms with Crippen molar-refractivity contribution in [2.45, 2.75) is 43.8 Å². The maximum Gasteiger partial charge on any atom is 0.248 e. The number of nitrogens with zero attached hydrogens (tertiary/aromatic N) is 2. The van der Waals surface area contributed by atoms with Gasteiger partial charge in [0.2, 0.25) is 11.8 Å². The molecule has 6 nitrogen and oxygen atoms in total. The number of aliphatic hydroxyl groups excluding tert-OH is 1. The van der Waals surface area contributed by atoms with Crippen LogP contribution in [0.3, 0.4) is 0 Å². The van der Waals surface area contributed by atoms with Gasteiger partial charge in [-0.3, -0.25) is 9.59 Å². The molecule has 0 aromatic heterocycles. The summed E-state index contributed by atoms with van der Waals surface area (Å²) in [6.07, 6.45) is 3.57. The Balaban J connectivity index is 1.53. The van der Waals surface area contributed by atoms with E-state index in [4.69, 9.17) is 9.84 Å². The van der Waals surface area contributed by atoms with Crippen LogP contribution in [0.2, 0.25) is 0 Å². The van der Waals surface area contributed by atoms with Gasteiger partial charge in [0.25, 0.3) is 0 Å². The van der Waals surface area contributed by atoms with Crippen molar-refractivity contribution in [2.24, 2.45) is 0 Å². The molecular weight excluding hydrogens is 332 g/mol. The monoisotopic (exact) mass is 358 g/mol. The lowest BCUT2D eigenvalue weighted by atomic mass is 9.77. The number of amides is 2. The fourth-order valence-electron chi connectivity index (χ4n) is 4.42. The van der Waals surface area contributed by atoms with E-state index in [0.29, 0.717) is 32.4 Å². The quantitative estimate of drug-likeness (QED) is 0.877. The molecular formula is C20H26N2O4. The molecule has 1 N–H and O–H groups in total. The molecule has 0 bridgehead atoms. The molecule has 2 amide bonds. The molecule has 1 spiro atoms. The lowest BCUT2D eigenvalue weighted by molar-refractivity contribution is -0.161. The zero-order chi connectivity index (χ0) is 18.1. The smallest absolute Gasteiger partial charge is 0.248 e. The molecule has 1 aromatic carbocycles. The third-order valence-corrected chi connectivity index (χ3v) is 6.02. The van der Waals surface area contributed by atoms with Crippen molar-refractivity contribution in [3.8, 4) is 0 Å². The Morgan fingerprint density at radius 3 is 2.42 bits per heavy atom. The normalized spacial score (nSPS) is 24.1. The van der Waals surface area contributed by atoms with E-state index >= 15 is 0 Å². The molecule has 2 fully saturated rings. The number of likely N-dealkylation sites (tertiary alicyclic amines) is 2. The van der Waals surface area contributed by atoms with Crippen LogP contribution < -0.4 is 0 Å². The highest BCUT2D eigenvalue weighted by Crippen LogP contribution is 2.44. The lowest BCUT2D eigenvalue weighted by Gasteiger charge is -2.47. The van der Waals surface area contributed by atoms with E-state index < -0.39 is 12.2 Å². The summed E-state index contributed by atoms with van der Waals surface area (Å²) in [5.74, 6) is -0.0443. The molecule has 26 heavy (non-hydrogen) atoms. The minimum atomic E-state index is -0.447. The third kappa shape index (κ3) is 3.12. The summed E-state index contributed by atoms with van der Waals surface area (Å²) in [7, 11) is 0. The van der Waals surface area contributed by atoms with Crippen molar-refractivity contribution in [3.05, 3.63) is 35.4 Å². The Hall–Kier alpha value is -1.92. The van der Waals surface area contributed by atoms with E-state index in [-0.39, 0.29) is 17.9 Å². The van der Waals surface area contributed by atoms with Gasteiger partial charge in [-0.2, -0.15) is 0 Å². The van der Waals surface area contributed by atoms with Crippen molar-refractivity contribution in [3.63, 3.8) is 0 Å². The molecule has 1 unspecified atom stereocenters. The minimum Gasteiger partial charge on any atom is -0.387 e. The fraction of sp³-hybridized carbons (Fsp3) is 0.600. The van der Waals surface area contributed by atoms with Gasteiger partial charge in [-0.1, -0.05) is 24.3 Å². The average molecular weight is 358 g/mol. The average Bonchev–Trinajstić information content (AvgIpc) is 2.60. The van der Waals surface area contributed by atoms with Crippen LogP contribution in [-0.4, -0.2) is 65.6 Å². The van der Waals surface area contributed by atoms with Crippen molar-refractivity contribution >= 4 is 11.8 Å².